The molecule has 0 radical (unpaired) electrons. The van der Waals surface area contributed by atoms with Crippen molar-refractivity contribution in [2.75, 3.05) is 29.5 Å². The molecule has 5 nitrogen and oxygen atoms in total. The maximum absolute atomic E-state index is 6.00. The van der Waals surface area contributed by atoms with Gasteiger partial charge in [-0.15, -0.1) is 0 Å². The smallest absolute Gasteiger partial charge is 0.211 e. The van der Waals surface area contributed by atoms with E-state index in [9.17, 15) is 0 Å². The Hall–Kier alpha value is -4.12. The SMILES string of the molecule is CCCCN(CCCC)c1ccc([N+](=C2C=CC(=Nc3ccc(N)cc3)C=C2)c2ccc(N)cc2)cc1. The van der Waals surface area contributed by atoms with E-state index in [1.165, 1.54) is 31.4 Å². The van der Waals surface area contributed by atoms with E-state index in [-0.39, 0.29) is 0 Å². The van der Waals surface area contributed by atoms with Crippen molar-refractivity contribution in [1.29, 1.82) is 0 Å². The summed E-state index contributed by atoms with van der Waals surface area (Å²) in [5.41, 5.74) is 19.5. The Morgan fingerprint density at radius 2 is 1.14 bits per heavy atom. The number of hydrogen-bond donors (Lipinski definition) is 2. The van der Waals surface area contributed by atoms with Gasteiger partial charge in [0.25, 0.3) is 0 Å². The van der Waals surface area contributed by atoms with Gasteiger partial charge in [-0.1, -0.05) is 26.7 Å². The third-order valence-corrected chi connectivity index (χ3v) is 6.45. The molecule has 0 unspecified atom stereocenters. The highest BCUT2D eigenvalue weighted by Crippen LogP contribution is 2.27. The first kappa shape index (κ1) is 26.0. The number of rotatable bonds is 10. The number of nitrogens with zero attached hydrogens (tertiary/aromatic N) is 3. The lowest BCUT2D eigenvalue weighted by Crippen LogP contribution is -2.25. The summed E-state index contributed by atoms with van der Waals surface area (Å²) in [6.45, 7) is 6.69. The number of hydrogen-bond acceptors (Lipinski definition) is 4. The zero-order valence-corrected chi connectivity index (χ0v) is 22.0. The van der Waals surface area contributed by atoms with E-state index < -0.39 is 0 Å². The van der Waals surface area contributed by atoms with Crippen LogP contribution in [0.5, 0.6) is 0 Å². The fourth-order valence-corrected chi connectivity index (χ4v) is 4.33. The molecule has 1 aliphatic carbocycles. The van der Waals surface area contributed by atoms with Crippen molar-refractivity contribution in [3.63, 3.8) is 0 Å². The Labute approximate surface area is 221 Å². The molecule has 0 spiro atoms. The minimum absolute atomic E-state index is 0.735. The van der Waals surface area contributed by atoms with Gasteiger partial charge in [-0.3, -0.25) is 0 Å². The molecule has 0 heterocycles. The van der Waals surface area contributed by atoms with Crippen molar-refractivity contribution in [2.45, 2.75) is 39.5 Å². The molecule has 1 aliphatic rings. The number of nitrogen functional groups attached to an aromatic ring is 2. The molecular formula is C32H38N5+. The van der Waals surface area contributed by atoms with Crippen LogP contribution in [0.25, 0.3) is 0 Å². The molecule has 37 heavy (non-hydrogen) atoms. The summed E-state index contributed by atoms with van der Waals surface area (Å²) in [5, 5.41) is 0. The van der Waals surface area contributed by atoms with Crippen LogP contribution in [0.2, 0.25) is 0 Å². The summed E-state index contributed by atoms with van der Waals surface area (Å²) in [6.07, 6.45) is 13.1. The normalized spacial score (nSPS) is 12.6. The molecular weight excluding hydrogens is 454 g/mol. The van der Waals surface area contributed by atoms with Crippen LogP contribution in [0.3, 0.4) is 0 Å². The topological polar surface area (TPSA) is 70.6 Å². The number of anilines is 3. The van der Waals surface area contributed by atoms with E-state index in [1.54, 1.807) is 0 Å². The predicted molar refractivity (Wildman–Crippen MR) is 162 cm³/mol. The third-order valence-electron chi connectivity index (χ3n) is 6.45. The van der Waals surface area contributed by atoms with Crippen molar-refractivity contribution in [3.05, 3.63) is 97.1 Å². The Kier molecular flexibility index (Phi) is 8.93. The monoisotopic (exact) mass is 492 g/mol. The first-order valence-electron chi connectivity index (χ1n) is 13.3. The number of aliphatic imine (C=N–C) groups is 1. The van der Waals surface area contributed by atoms with Crippen molar-refractivity contribution >= 4 is 45.5 Å². The highest BCUT2D eigenvalue weighted by atomic mass is 15.1. The number of allylic oxidation sites excluding steroid dienone is 4. The molecule has 190 valence electrons. The lowest BCUT2D eigenvalue weighted by atomic mass is 10.1. The summed E-state index contributed by atoms with van der Waals surface area (Å²) in [4.78, 5) is 7.24. The van der Waals surface area contributed by atoms with Crippen LogP contribution in [0.4, 0.5) is 34.1 Å². The molecule has 0 saturated heterocycles. The Morgan fingerprint density at radius 3 is 1.65 bits per heavy atom. The number of nitrogens with two attached hydrogens (primary N) is 2. The fourth-order valence-electron chi connectivity index (χ4n) is 4.33. The van der Waals surface area contributed by atoms with Crippen LogP contribution < -0.4 is 20.9 Å². The highest BCUT2D eigenvalue weighted by Gasteiger charge is 2.20. The maximum atomic E-state index is 6.00. The van der Waals surface area contributed by atoms with Gasteiger partial charge in [0.05, 0.1) is 11.4 Å². The summed E-state index contributed by atoms with van der Waals surface area (Å²) in [5.74, 6) is 0. The van der Waals surface area contributed by atoms with Crippen molar-refractivity contribution < 1.29 is 0 Å². The number of unbranched alkanes of at least 4 members (excludes halogenated alkanes) is 2. The first-order chi connectivity index (χ1) is 18.1. The van der Waals surface area contributed by atoms with Gasteiger partial charge >= 0.3 is 0 Å². The van der Waals surface area contributed by atoms with E-state index in [0.29, 0.717) is 0 Å². The van der Waals surface area contributed by atoms with Crippen LogP contribution in [0.1, 0.15) is 39.5 Å². The molecule has 4 N–H and O–H groups in total. The Morgan fingerprint density at radius 1 is 0.649 bits per heavy atom. The average molecular weight is 493 g/mol. The molecule has 3 aromatic rings. The molecule has 3 aromatic carbocycles. The van der Waals surface area contributed by atoms with Crippen LogP contribution in [-0.4, -0.2) is 24.5 Å². The van der Waals surface area contributed by atoms with Crippen molar-refractivity contribution in [1.82, 2.24) is 4.58 Å². The fraction of sp³-hybridized carbons (Fsp3) is 0.250. The first-order valence-corrected chi connectivity index (χ1v) is 13.3. The van der Waals surface area contributed by atoms with Crippen molar-refractivity contribution in [2.24, 2.45) is 4.99 Å². The Balaban J connectivity index is 1.67. The van der Waals surface area contributed by atoms with E-state index in [1.807, 2.05) is 48.6 Å². The van der Waals surface area contributed by atoms with Crippen LogP contribution in [0.15, 0.2) is 102 Å². The van der Waals surface area contributed by atoms with Gasteiger partial charge in [0.15, 0.2) is 0 Å². The minimum Gasteiger partial charge on any atom is -0.399 e. The molecule has 0 aliphatic heterocycles. The second-order valence-electron chi connectivity index (χ2n) is 9.36. The largest absolute Gasteiger partial charge is 0.399 e. The predicted octanol–water partition coefficient (Wildman–Crippen LogP) is 7.43. The van der Waals surface area contributed by atoms with E-state index in [0.717, 1.165) is 52.9 Å². The summed E-state index contributed by atoms with van der Waals surface area (Å²) < 4.78 is 2.25. The molecule has 0 fully saturated rings. The molecule has 0 atom stereocenters. The van der Waals surface area contributed by atoms with Gasteiger partial charge in [0.2, 0.25) is 17.1 Å². The lowest BCUT2D eigenvalue weighted by Gasteiger charge is -2.24. The van der Waals surface area contributed by atoms with Gasteiger partial charge in [-0.05, 0) is 73.5 Å². The van der Waals surface area contributed by atoms with Gasteiger partial charge in [-0.2, -0.15) is 4.58 Å². The van der Waals surface area contributed by atoms with Crippen molar-refractivity contribution in [3.8, 4) is 0 Å². The van der Waals surface area contributed by atoms with Gasteiger partial charge < -0.3 is 16.4 Å². The van der Waals surface area contributed by atoms with Crippen LogP contribution in [0, 0.1) is 0 Å². The van der Waals surface area contributed by atoms with E-state index in [4.69, 9.17) is 16.5 Å². The van der Waals surface area contributed by atoms with Crippen LogP contribution >= 0.6 is 0 Å². The zero-order chi connectivity index (χ0) is 26.0. The van der Waals surface area contributed by atoms with Gasteiger partial charge in [-0.25, -0.2) is 4.99 Å². The second-order valence-corrected chi connectivity index (χ2v) is 9.36. The van der Waals surface area contributed by atoms with E-state index >= 15 is 0 Å². The summed E-state index contributed by atoms with van der Waals surface area (Å²) in [7, 11) is 0. The Bertz CT molecular complexity index is 1250. The standard InChI is InChI=1S/C32H37N5/c1-3-5-23-36(24-6-4-2)29-19-21-32(22-20-29)37(30-15-9-26(34)10-16-30)31-17-13-28(14-18-31)35-27-11-7-25(33)8-12-27/h7-22,33H,3-6,23-24,34H2,1-2H3/p+1. The third kappa shape index (κ3) is 6.98. The van der Waals surface area contributed by atoms with Gasteiger partial charge in [0.1, 0.15) is 0 Å². The molecule has 0 bridgehead atoms. The molecule has 4 rings (SSSR count). The minimum atomic E-state index is 0.735. The maximum Gasteiger partial charge on any atom is 0.211 e. The summed E-state index contributed by atoms with van der Waals surface area (Å²) >= 11 is 0. The van der Waals surface area contributed by atoms with Gasteiger partial charge in [0, 0.05) is 66.6 Å². The van der Waals surface area contributed by atoms with Crippen LogP contribution in [-0.2, 0) is 0 Å². The molecule has 0 amide bonds. The zero-order valence-electron chi connectivity index (χ0n) is 22.0. The highest BCUT2D eigenvalue weighted by molar-refractivity contribution is 6.20. The molecule has 5 heteroatoms. The lowest BCUT2D eigenvalue weighted by molar-refractivity contribution is 0.678. The van der Waals surface area contributed by atoms with E-state index in [2.05, 4.69) is 71.9 Å². The summed E-state index contributed by atoms with van der Waals surface area (Å²) in [6, 6.07) is 24.5. The average Bonchev–Trinajstić information content (AvgIpc) is 2.93. The number of benzene rings is 3. The second kappa shape index (κ2) is 12.7. The molecule has 0 saturated carbocycles. The quantitative estimate of drug-likeness (QED) is 0.176. The molecule has 0 aromatic heterocycles.